The van der Waals surface area contributed by atoms with E-state index in [1.165, 1.54) is 7.11 Å². The van der Waals surface area contributed by atoms with Gasteiger partial charge < -0.3 is 15.8 Å². The summed E-state index contributed by atoms with van der Waals surface area (Å²) in [6, 6.07) is 14.6. The molecule has 2 aromatic carbocycles. The molecule has 0 saturated heterocycles. The van der Waals surface area contributed by atoms with Crippen molar-refractivity contribution in [2.75, 3.05) is 12.4 Å². The lowest BCUT2D eigenvalue weighted by Gasteiger charge is -2.15. The van der Waals surface area contributed by atoms with Crippen LogP contribution in [-0.2, 0) is 11.3 Å². The average Bonchev–Trinajstić information content (AvgIpc) is 2.66. The summed E-state index contributed by atoms with van der Waals surface area (Å²) in [5, 5.41) is 4.05. The van der Waals surface area contributed by atoms with Gasteiger partial charge in [0, 0.05) is 11.1 Å². The van der Waals surface area contributed by atoms with E-state index in [0.29, 0.717) is 22.5 Å². The number of nitrogens with two attached hydrogens (primary N) is 1. The molecule has 0 saturated carbocycles. The van der Waals surface area contributed by atoms with Gasteiger partial charge >= 0.3 is 5.97 Å². The fourth-order valence-electron chi connectivity index (χ4n) is 2.97. The molecule has 1 heterocycles. The van der Waals surface area contributed by atoms with E-state index < -0.39 is 11.9 Å². The maximum atomic E-state index is 12.3. The smallest absolute Gasteiger partial charge is 0.340 e. The van der Waals surface area contributed by atoms with E-state index >= 15 is 0 Å². The molecule has 6 nitrogen and oxygen atoms in total. The van der Waals surface area contributed by atoms with E-state index in [1.807, 2.05) is 31.2 Å². The van der Waals surface area contributed by atoms with Crippen molar-refractivity contribution in [1.29, 1.82) is 0 Å². The minimum atomic E-state index is -0.524. The number of methoxy groups -OCH3 is 1. The first kappa shape index (κ1) is 17.4. The first-order valence-corrected chi connectivity index (χ1v) is 8.12. The predicted octanol–water partition coefficient (Wildman–Crippen LogP) is 3.04. The van der Waals surface area contributed by atoms with Gasteiger partial charge in [-0.25, -0.2) is 4.79 Å². The predicted molar refractivity (Wildman–Crippen MR) is 100 cm³/mol. The van der Waals surface area contributed by atoms with Crippen LogP contribution in [0.15, 0.2) is 48.5 Å². The molecule has 1 amide bonds. The molecule has 3 rings (SSSR count). The third kappa shape index (κ3) is 3.21. The number of rotatable bonds is 5. The number of hydrogen-bond acceptors (Lipinski definition) is 5. The Labute approximate surface area is 151 Å². The van der Waals surface area contributed by atoms with Gasteiger partial charge in [-0.2, -0.15) is 0 Å². The average molecular weight is 349 g/mol. The number of para-hydroxylation sites is 2. The number of carbonyl (C=O) groups excluding carboxylic acids is 2. The van der Waals surface area contributed by atoms with Crippen LogP contribution in [0.5, 0.6) is 0 Å². The highest BCUT2D eigenvalue weighted by atomic mass is 16.5. The molecule has 0 spiro atoms. The second-order valence-electron chi connectivity index (χ2n) is 5.83. The molecule has 0 radical (unpaired) electrons. The minimum absolute atomic E-state index is 0.250. The molecule has 6 heteroatoms. The zero-order chi connectivity index (χ0) is 18.7. The highest BCUT2D eigenvalue weighted by Gasteiger charge is 2.19. The van der Waals surface area contributed by atoms with Crippen molar-refractivity contribution >= 4 is 28.5 Å². The highest BCUT2D eigenvalue weighted by Crippen LogP contribution is 2.25. The Hall–Kier alpha value is -3.41. The third-order valence-corrected chi connectivity index (χ3v) is 4.26. The van der Waals surface area contributed by atoms with Crippen molar-refractivity contribution in [1.82, 2.24) is 4.98 Å². The molecule has 1 aromatic heterocycles. The van der Waals surface area contributed by atoms with Crippen molar-refractivity contribution in [3.05, 3.63) is 70.9 Å². The van der Waals surface area contributed by atoms with E-state index in [9.17, 15) is 9.59 Å². The number of aryl methyl sites for hydroxylation is 1. The van der Waals surface area contributed by atoms with Gasteiger partial charge in [0.15, 0.2) is 0 Å². The van der Waals surface area contributed by atoms with E-state index in [-0.39, 0.29) is 6.54 Å². The first-order chi connectivity index (χ1) is 12.5. The van der Waals surface area contributed by atoms with Crippen molar-refractivity contribution in [2.24, 2.45) is 5.73 Å². The molecule has 0 atom stereocenters. The topological polar surface area (TPSA) is 94.3 Å². The van der Waals surface area contributed by atoms with Gasteiger partial charge in [-0.15, -0.1) is 0 Å². The number of ether oxygens (including phenoxy) is 1. The number of anilines is 1. The maximum absolute atomic E-state index is 12.3. The molecule has 26 heavy (non-hydrogen) atoms. The van der Waals surface area contributed by atoms with Crippen LogP contribution < -0.4 is 11.1 Å². The lowest BCUT2D eigenvalue weighted by molar-refractivity contribution is 0.0598. The summed E-state index contributed by atoms with van der Waals surface area (Å²) in [6.45, 7) is 2.12. The van der Waals surface area contributed by atoms with Crippen LogP contribution in [0, 0.1) is 6.92 Å². The molecular formula is C20H19N3O3. The van der Waals surface area contributed by atoms with Crippen LogP contribution >= 0.6 is 0 Å². The summed E-state index contributed by atoms with van der Waals surface area (Å²) in [5.74, 6) is -0.968. The molecule has 0 unspecified atom stereocenters. The zero-order valence-corrected chi connectivity index (χ0v) is 14.6. The molecule has 0 aliphatic rings. The largest absolute Gasteiger partial charge is 0.465 e. The van der Waals surface area contributed by atoms with Crippen LogP contribution in [0.1, 0.15) is 32.0 Å². The summed E-state index contributed by atoms with van der Waals surface area (Å²) in [7, 11) is 1.34. The number of pyridine rings is 1. The Kier molecular flexibility index (Phi) is 4.84. The summed E-state index contributed by atoms with van der Waals surface area (Å²) >= 11 is 0. The minimum Gasteiger partial charge on any atom is -0.465 e. The van der Waals surface area contributed by atoms with Crippen LogP contribution in [-0.4, -0.2) is 24.0 Å². The van der Waals surface area contributed by atoms with Crippen molar-refractivity contribution < 1.29 is 14.3 Å². The third-order valence-electron chi connectivity index (χ3n) is 4.26. The molecule has 132 valence electrons. The Balaban J connectivity index is 2.04. The van der Waals surface area contributed by atoms with Gasteiger partial charge in [0.05, 0.1) is 36.0 Å². The summed E-state index contributed by atoms with van der Waals surface area (Å²) in [6.07, 6.45) is 0. The first-order valence-electron chi connectivity index (χ1n) is 8.12. The number of carbonyl (C=O) groups is 2. The Morgan fingerprint density at radius 1 is 1.12 bits per heavy atom. The second-order valence-corrected chi connectivity index (χ2v) is 5.83. The number of nitrogens with one attached hydrogen (secondary N) is 1. The second kappa shape index (κ2) is 7.23. The number of fused-ring (bicyclic) bond motifs is 1. The summed E-state index contributed by atoms with van der Waals surface area (Å²) < 4.78 is 4.94. The molecule has 0 bridgehead atoms. The summed E-state index contributed by atoms with van der Waals surface area (Å²) in [4.78, 5) is 28.5. The van der Waals surface area contributed by atoms with Gasteiger partial charge in [0.25, 0.3) is 5.91 Å². The molecule has 3 N–H and O–H groups in total. The number of hydrogen-bond donors (Lipinski definition) is 2. The lowest BCUT2D eigenvalue weighted by atomic mass is 10.0. The Morgan fingerprint density at radius 2 is 1.81 bits per heavy atom. The zero-order valence-electron chi connectivity index (χ0n) is 14.6. The highest BCUT2D eigenvalue weighted by molar-refractivity contribution is 5.99. The number of nitrogens with zero attached hydrogens (tertiary/aromatic N) is 1. The quantitative estimate of drug-likeness (QED) is 0.691. The van der Waals surface area contributed by atoms with Crippen molar-refractivity contribution in [3.8, 4) is 0 Å². The van der Waals surface area contributed by atoms with E-state index in [1.54, 1.807) is 24.3 Å². The van der Waals surface area contributed by atoms with Gasteiger partial charge in [-0.05, 0) is 30.7 Å². The SMILES string of the molecule is COC(=O)c1c(CNc2ccccc2C(N)=O)nc2ccccc2c1C. The van der Waals surface area contributed by atoms with Crippen LogP contribution in [0.2, 0.25) is 0 Å². The number of benzene rings is 2. The van der Waals surface area contributed by atoms with Crippen molar-refractivity contribution in [2.45, 2.75) is 13.5 Å². The number of esters is 1. The fraction of sp³-hybridized carbons (Fsp3) is 0.150. The van der Waals surface area contributed by atoms with Gasteiger partial charge in [0.1, 0.15) is 0 Å². The van der Waals surface area contributed by atoms with Crippen molar-refractivity contribution in [3.63, 3.8) is 0 Å². The Bertz CT molecular complexity index is 999. The van der Waals surface area contributed by atoms with Crippen LogP contribution in [0.4, 0.5) is 5.69 Å². The van der Waals surface area contributed by atoms with Gasteiger partial charge in [-0.3, -0.25) is 9.78 Å². The maximum Gasteiger partial charge on any atom is 0.340 e. The number of aromatic nitrogens is 1. The van der Waals surface area contributed by atoms with Crippen LogP contribution in [0.25, 0.3) is 10.9 Å². The van der Waals surface area contributed by atoms with Gasteiger partial charge in [-0.1, -0.05) is 30.3 Å². The molecular weight excluding hydrogens is 330 g/mol. The normalized spacial score (nSPS) is 10.5. The van der Waals surface area contributed by atoms with E-state index in [4.69, 9.17) is 10.5 Å². The number of primary amides is 1. The van der Waals surface area contributed by atoms with E-state index in [2.05, 4.69) is 10.3 Å². The lowest BCUT2D eigenvalue weighted by Crippen LogP contribution is -2.17. The molecule has 0 aliphatic heterocycles. The van der Waals surface area contributed by atoms with Crippen LogP contribution in [0.3, 0.4) is 0 Å². The fourth-order valence-corrected chi connectivity index (χ4v) is 2.97. The number of amides is 1. The molecule has 3 aromatic rings. The monoisotopic (exact) mass is 349 g/mol. The van der Waals surface area contributed by atoms with E-state index in [0.717, 1.165) is 16.5 Å². The Morgan fingerprint density at radius 3 is 2.54 bits per heavy atom. The summed E-state index contributed by atoms with van der Waals surface area (Å²) in [5.41, 5.74) is 8.95. The molecule has 0 fully saturated rings. The molecule has 0 aliphatic carbocycles. The standard InChI is InChI=1S/C20H19N3O3/c1-12-13-7-3-6-10-16(13)23-17(18(12)20(25)26-2)11-22-15-9-5-4-8-14(15)19(21)24/h3-10,22H,11H2,1-2H3,(H2,21,24). The van der Waals surface area contributed by atoms with Gasteiger partial charge in [0.2, 0.25) is 0 Å².